The van der Waals surface area contributed by atoms with E-state index in [1.54, 1.807) is 0 Å². The molecule has 1 heterocycles. The van der Waals surface area contributed by atoms with Crippen LogP contribution in [0.15, 0.2) is 24.3 Å². The number of hydrogen-bond acceptors (Lipinski definition) is 3. The van der Waals surface area contributed by atoms with Crippen LogP contribution in [0.5, 0.6) is 5.75 Å². The number of nitrogens with one attached hydrogen (secondary N) is 1. The lowest BCUT2D eigenvalue weighted by atomic mass is 10.2. The summed E-state index contributed by atoms with van der Waals surface area (Å²) in [7, 11) is 0. The highest BCUT2D eigenvalue weighted by Crippen LogP contribution is 2.17. The Morgan fingerprint density at radius 1 is 1.42 bits per heavy atom. The van der Waals surface area contributed by atoms with Crippen molar-refractivity contribution in [1.29, 1.82) is 0 Å². The molecule has 1 aromatic carbocycles. The molecule has 4 heteroatoms. The third kappa shape index (κ3) is 4.68. The van der Waals surface area contributed by atoms with E-state index in [-0.39, 0.29) is 0 Å². The van der Waals surface area contributed by atoms with Crippen LogP contribution in [0.25, 0.3) is 0 Å². The zero-order chi connectivity index (χ0) is 13.5. The van der Waals surface area contributed by atoms with Gasteiger partial charge in [-0.25, -0.2) is 0 Å². The Morgan fingerprint density at radius 3 is 3.00 bits per heavy atom. The van der Waals surface area contributed by atoms with Gasteiger partial charge in [0, 0.05) is 24.2 Å². The lowest BCUT2D eigenvalue weighted by Crippen LogP contribution is -2.40. The average molecular weight is 283 g/mol. The molecule has 1 aromatic rings. The predicted octanol–water partition coefficient (Wildman–Crippen LogP) is 2.79. The fraction of sp³-hybridized carbons (Fsp3) is 0.600. The Labute approximate surface area is 120 Å². The van der Waals surface area contributed by atoms with Gasteiger partial charge in [-0.1, -0.05) is 24.6 Å². The van der Waals surface area contributed by atoms with Gasteiger partial charge in [0.05, 0.1) is 0 Å². The van der Waals surface area contributed by atoms with Crippen molar-refractivity contribution in [3.63, 3.8) is 0 Å². The first-order chi connectivity index (χ1) is 9.29. The number of rotatable bonds is 7. The van der Waals surface area contributed by atoms with Gasteiger partial charge in [0.25, 0.3) is 0 Å². The Hall–Kier alpha value is -0.770. The van der Waals surface area contributed by atoms with Crippen molar-refractivity contribution >= 4 is 11.6 Å². The molecular formula is C15H23ClN2O. The first kappa shape index (κ1) is 14.6. The van der Waals surface area contributed by atoms with Crippen molar-refractivity contribution in [2.24, 2.45) is 0 Å². The molecule has 2 rings (SSSR count). The largest absolute Gasteiger partial charge is 0.492 e. The van der Waals surface area contributed by atoms with Crippen LogP contribution >= 0.6 is 11.6 Å². The van der Waals surface area contributed by atoms with Crippen molar-refractivity contribution in [1.82, 2.24) is 10.2 Å². The molecule has 1 aliphatic heterocycles. The van der Waals surface area contributed by atoms with Crippen LogP contribution in [0, 0.1) is 0 Å². The number of nitrogens with zero attached hydrogens (tertiary/aromatic N) is 1. The second-order valence-corrected chi connectivity index (χ2v) is 5.42. The number of benzene rings is 1. The SMILES string of the molecule is CCCN(CCOc1cccc(Cl)c1)C1CCNC1. The van der Waals surface area contributed by atoms with Gasteiger partial charge in [-0.05, 0) is 44.1 Å². The maximum absolute atomic E-state index is 5.94. The third-order valence-electron chi connectivity index (χ3n) is 3.50. The van der Waals surface area contributed by atoms with Gasteiger partial charge < -0.3 is 10.1 Å². The van der Waals surface area contributed by atoms with Gasteiger partial charge >= 0.3 is 0 Å². The fourth-order valence-corrected chi connectivity index (χ4v) is 2.73. The molecule has 0 saturated carbocycles. The summed E-state index contributed by atoms with van der Waals surface area (Å²) in [5.74, 6) is 0.855. The summed E-state index contributed by atoms with van der Waals surface area (Å²) in [6.07, 6.45) is 2.44. The van der Waals surface area contributed by atoms with E-state index in [1.165, 1.54) is 12.8 Å². The minimum Gasteiger partial charge on any atom is -0.492 e. The number of halogens is 1. The van der Waals surface area contributed by atoms with Gasteiger partial charge in [-0.15, -0.1) is 0 Å². The molecule has 0 aromatic heterocycles. The smallest absolute Gasteiger partial charge is 0.120 e. The lowest BCUT2D eigenvalue weighted by molar-refractivity contribution is 0.167. The topological polar surface area (TPSA) is 24.5 Å². The molecule has 19 heavy (non-hydrogen) atoms. The van der Waals surface area contributed by atoms with Crippen LogP contribution in [0.3, 0.4) is 0 Å². The summed E-state index contributed by atoms with van der Waals surface area (Å²) in [4.78, 5) is 2.53. The van der Waals surface area contributed by atoms with Crippen molar-refractivity contribution < 1.29 is 4.74 Å². The predicted molar refractivity (Wildman–Crippen MR) is 80.1 cm³/mol. The molecule has 0 spiro atoms. The molecule has 1 fully saturated rings. The van der Waals surface area contributed by atoms with E-state index in [9.17, 15) is 0 Å². The van der Waals surface area contributed by atoms with Crippen LogP contribution in [0.4, 0.5) is 0 Å². The molecule has 0 radical (unpaired) electrons. The van der Waals surface area contributed by atoms with Crippen molar-refractivity contribution in [2.45, 2.75) is 25.8 Å². The van der Waals surface area contributed by atoms with E-state index in [0.717, 1.165) is 43.6 Å². The molecule has 3 nitrogen and oxygen atoms in total. The van der Waals surface area contributed by atoms with Gasteiger partial charge in [0.15, 0.2) is 0 Å². The summed E-state index contributed by atoms with van der Waals surface area (Å²) in [5.41, 5.74) is 0. The molecule has 0 bridgehead atoms. The molecule has 1 atom stereocenters. The maximum atomic E-state index is 5.94. The minimum atomic E-state index is 0.669. The Balaban J connectivity index is 1.78. The molecule has 1 N–H and O–H groups in total. The minimum absolute atomic E-state index is 0.669. The van der Waals surface area contributed by atoms with Crippen molar-refractivity contribution in [2.75, 3.05) is 32.8 Å². The monoisotopic (exact) mass is 282 g/mol. The molecule has 1 unspecified atom stereocenters. The van der Waals surface area contributed by atoms with Gasteiger partial charge in [0.1, 0.15) is 12.4 Å². The summed E-state index contributed by atoms with van der Waals surface area (Å²) in [6.45, 7) is 7.32. The quantitative estimate of drug-likeness (QED) is 0.832. The second kappa shape index (κ2) is 7.73. The zero-order valence-corrected chi connectivity index (χ0v) is 12.3. The van der Waals surface area contributed by atoms with Crippen LogP contribution in [-0.2, 0) is 0 Å². The van der Waals surface area contributed by atoms with Gasteiger partial charge in [-0.2, -0.15) is 0 Å². The zero-order valence-electron chi connectivity index (χ0n) is 11.6. The van der Waals surface area contributed by atoms with Gasteiger partial charge in [-0.3, -0.25) is 4.90 Å². The summed E-state index contributed by atoms with van der Waals surface area (Å²) in [5, 5.41) is 4.15. The highest BCUT2D eigenvalue weighted by molar-refractivity contribution is 6.30. The van der Waals surface area contributed by atoms with E-state index in [2.05, 4.69) is 17.1 Å². The normalized spacial score (nSPS) is 19.0. The Kier molecular flexibility index (Phi) is 5.95. The van der Waals surface area contributed by atoms with Crippen LogP contribution < -0.4 is 10.1 Å². The molecule has 106 valence electrons. The Bertz CT molecular complexity index is 380. The highest BCUT2D eigenvalue weighted by Gasteiger charge is 2.21. The fourth-order valence-electron chi connectivity index (χ4n) is 2.55. The van der Waals surface area contributed by atoms with E-state index < -0.39 is 0 Å². The van der Waals surface area contributed by atoms with Crippen molar-refractivity contribution in [3.05, 3.63) is 29.3 Å². The van der Waals surface area contributed by atoms with Crippen LogP contribution in [-0.4, -0.2) is 43.7 Å². The molecule has 0 amide bonds. The molecule has 1 saturated heterocycles. The number of hydrogen-bond donors (Lipinski definition) is 1. The van der Waals surface area contributed by atoms with E-state index in [4.69, 9.17) is 16.3 Å². The van der Waals surface area contributed by atoms with Crippen LogP contribution in [0.2, 0.25) is 5.02 Å². The van der Waals surface area contributed by atoms with E-state index in [1.807, 2.05) is 24.3 Å². The second-order valence-electron chi connectivity index (χ2n) is 4.99. The Morgan fingerprint density at radius 2 is 2.32 bits per heavy atom. The van der Waals surface area contributed by atoms with Gasteiger partial charge in [0.2, 0.25) is 0 Å². The first-order valence-electron chi connectivity index (χ1n) is 7.12. The third-order valence-corrected chi connectivity index (χ3v) is 3.74. The van der Waals surface area contributed by atoms with E-state index in [0.29, 0.717) is 6.04 Å². The highest BCUT2D eigenvalue weighted by atomic mass is 35.5. The number of ether oxygens (including phenoxy) is 1. The first-order valence-corrected chi connectivity index (χ1v) is 7.50. The van der Waals surface area contributed by atoms with E-state index >= 15 is 0 Å². The van der Waals surface area contributed by atoms with Crippen LogP contribution in [0.1, 0.15) is 19.8 Å². The molecular weight excluding hydrogens is 260 g/mol. The average Bonchev–Trinajstić information content (AvgIpc) is 2.91. The van der Waals surface area contributed by atoms with Crippen molar-refractivity contribution in [3.8, 4) is 5.75 Å². The molecule has 0 aliphatic carbocycles. The summed E-state index contributed by atoms with van der Waals surface area (Å²) in [6, 6.07) is 8.27. The maximum Gasteiger partial charge on any atom is 0.120 e. The molecule has 1 aliphatic rings. The summed E-state index contributed by atoms with van der Waals surface area (Å²) < 4.78 is 5.78. The summed E-state index contributed by atoms with van der Waals surface area (Å²) >= 11 is 5.94. The standard InChI is InChI=1S/C15H23ClN2O/c1-2-8-18(14-6-7-17-12-14)9-10-19-15-5-3-4-13(16)11-15/h3-5,11,14,17H,2,6-10,12H2,1H3. The lowest BCUT2D eigenvalue weighted by Gasteiger charge is -2.27.